The number of fused-ring (bicyclic) bond motifs is 1. The summed E-state index contributed by atoms with van der Waals surface area (Å²) in [5.41, 5.74) is 4.24. The Bertz CT molecular complexity index is 1290. The molecule has 6 nitrogen and oxygen atoms in total. The summed E-state index contributed by atoms with van der Waals surface area (Å²) in [6.45, 7) is 2.00. The first kappa shape index (κ1) is 18.4. The van der Waals surface area contributed by atoms with Crippen LogP contribution in [0, 0.1) is 6.92 Å². The van der Waals surface area contributed by atoms with E-state index in [1.807, 2.05) is 36.6 Å². The zero-order chi connectivity index (χ0) is 19.9. The molecule has 0 saturated heterocycles. The second-order valence-electron chi connectivity index (χ2n) is 6.46. The number of carbonyl (C=O) groups is 1. The number of H-pyrrole nitrogens is 1. The van der Waals surface area contributed by atoms with E-state index in [0.29, 0.717) is 10.7 Å². The molecular weight excluding hydrogens is 394 g/mol. The summed E-state index contributed by atoms with van der Waals surface area (Å²) in [6.07, 6.45) is 1.13. The summed E-state index contributed by atoms with van der Waals surface area (Å²) in [6, 6.07) is 13.8. The maximum atomic E-state index is 12.5. The summed E-state index contributed by atoms with van der Waals surface area (Å²) in [4.78, 5) is 20.5. The summed E-state index contributed by atoms with van der Waals surface area (Å²) in [5, 5.41) is 6.25. The number of hydrogen-bond donors (Lipinski definition) is 2. The van der Waals surface area contributed by atoms with Crippen molar-refractivity contribution in [1.82, 2.24) is 9.97 Å². The molecule has 0 radical (unpaired) electrons. The van der Waals surface area contributed by atoms with Gasteiger partial charge in [0.15, 0.2) is 15.0 Å². The lowest BCUT2D eigenvalue weighted by Crippen LogP contribution is -2.12. The maximum absolute atomic E-state index is 12.5. The van der Waals surface area contributed by atoms with Gasteiger partial charge >= 0.3 is 0 Å². The topological polar surface area (TPSA) is 91.9 Å². The van der Waals surface area contributed by atoms with Crippen molar-refractivity contribution in [3.05, 3.63) is 65.2 Å². The van der Waals surface area contributed by atoms with E-state index in [2.05, 4.69) is 15.3 Å². The molecule has 0 aliphatic rings. The normalized spacial score (nSPS) is 11.6. The second kappa shape index (κ2) is 6.88. The highest BCUT2D eigenvalue weighted by Gasteiger charge is 2.15. The van der Waals surface area contributed by atoms with E-state index in [4.69, 9.17) is 0 Å². The van der Waals surface area contributed by atoms with Gasteiger partial charge in [-0.3, -0.25) is 10.1 Å². The molecule has 0 aliphatic carbocycles. The Morgan fingerprint density at radius 2 is 1.82 bits per heavy atom. The smallest absolute Gasteiger partial charge is 0.257 e. The van der Waals surface area contributed by atoms with Gasteiger partial charge in [-0.1, -0.05) is 18.2 Å². The lowest BCUT2D eigenvalue weighted by molar-refractivity contribution is 0.102. The molecular formula is C20H17N3O3S2. The molecule has 142 valence electrons. The number of para-hydroxylation sites is 1. The Labute approximate surface area is 166 Å². The molecule has 0 spiro atoms. The predicted molar refractivity (Wildman–Crippen MR) is 112 cm³/mol. The van der Waals surface area contributed by atoms with Crippen molar-refractivity contribution in [3.8, 4) is 11.3 Å². The Morgan fingerprint density at radius 1 is 1.11 bits per heavy atom. The number of anilines is 1. The maximum Gasteiger partial charge on any atom is 0.257 e. The van der Waals surface area contributed by atoms with E-state index < -0.39 is 9.84 Å². The highest BCUT2D eigenvalue weighted by molar-refractivity contribution is 7.90. The van der Waals surface area contributed by atoms with Crippen LogP contribution in [0.1, 0.15) is 16.1 Å². The van der Waals surface area contributed by atoms with Crippen molar-refractivity contribution in [2.24, 2.45) is 0 Å². The second-order valence-corrected chi connectivity index (χ2v) is 9.33. The summed E-state index contributed by atoms with van der Waals surface area (Å²) in [7, 11) is -3.29. The first-order chi connectivity index (χ1) is 13.3. The van der Waals surface area contributed by atoms with Gasteiger partial charge in [0, 0.05) is 39.4 Å². The molecule has 2 heterocycles. The van der Waals surface area contributed by atoms with E-state index in [0.717, 1.165) is 34.1 Å². The minimum Gasteiger partial charge on any atom is -0.358 e. The van der Waals surface area contributed by atoms with Gasteiger partial charge in [-0.25, -0.2) is 13.4 Å². The predicted octanol–water partition coefficient (Wildman–Crippen LogP) is 4.26. The van der Waals surface area contributed by atoms with Crippen LogP contribution in [0.3, 0.4) is 0 Å². The van der Waals surface area contributed by atoms with Crippen LogP contribution >= 0.6 is 11.3 Å². The van der Waals surface area contributed by atoms with Crippen molar-refractivity contribution in [3.63, 3.8) is 0 Å². The van der Waals surface area contributed by atoms with Crippen LogP contribution in [-0.4, -0.2) is 30.5 Å². The third-order valence-corrected chi connectivity index (χ3v) is 6.31. The van der Waals surface area contributed by atoms with Crippen LogP contribution in [0.15, 0.2) is 58.8 Å². The van der Waals surface area contributed by atoms with Gasteiger partial charge in [0.05, 0.1) is 10.6 Å². The molecule has 4 rings (SSSR count). The lowest BCUT2D eigenvalue weighted by Gasteiger charge is -2.03. The van der Waals surface area contributed by atoms with Gasteiger partial charge in [-0.15, -0.1) is 11.3 Å². The van der Waals surface area contributed by atoms with E-state index >= 15 is 0 Å². The first-order valence-corrected chi connectivity index (χ1v) is 11.2. The number of aromatic amines is 1. The minimum atomic E-state index is -3.29. The zero-order valence-corrected chi connectivity index (χ0v) is 16.8. The van der Waals surface area contributed by atoms with Gasteiger partial charge in [0.2, 0.25) is 0 Å². The molecule has 0 bridgehead atoms. The number of amides is 1. The molecule has 4 aromatic rings. The molecule has 2 aromatic heterocycles. The molecule has 0 aliphatic heterocycles. The lowest BCUT2D eigenvalue weighted by atomic mass is 10.1. The van der Waals surface area contributed by atoms with Gasteiger partial charge in [-0.2, -0.15) is 0 Å². The zero-order valence-electron chi connectivity index (χ0n) is 15.2. The summed E-state index contributed by atoms with van der Waals surface area (Å²) >= 11 is 1.34. The number of sulfone groups is 1. The molecule has 1 amide bonds. The number of benzene rings is 2. The summed E-state index contributed by atoms with van der Waals surface area (Å²) < 4.78 is 23.1. The number of nitrogens with one attached hydrogen (secondary N) is 2. The first-order valence-electron chi connectivity index (χ1n) is 8.47. The fraction of sp³-hybridized carbons (Fsp3) is 0.100. The third kappa shape index (κ3) is 3.44. The Balaban J connectivity index is 1.58. The molecule has 0 atom stereocenters. The van der Waals surface area contributed by atoms with E-state index in [1.54, 1.807) is 0 Å². The largest absolute Gasteiger partial charge is 0.358 e. The molecule has 8 heteroatoms. The molecule has 0 saturated carbocycles. The van der Waals surface area contributed by atoms with E-state index in [1.165, 1.54) is 35.6 Å². The van der Waals surface area contributed by atoms with Crippen LogP contribution in [-0.2, 0) is 9.84 Å². The van der Waals surface area contributed by atoms with Crippen molar-refractivity contribution >= 4 is 43.1 Å². The van der Waals surface area contributed by atoms with Crippen molar-refractivity contribution < 1.29 is 13.2 Å². The molecule has 2 N–H and O–H groups in total. The SMILES string of the molecule is Cc1[nH]c2ccccc2c1-c1csc(NC(=O)c2ccc(S(C)(=O)=O)cc2)n1. The third-order valence-electron chi connectivity index (χ3n) is 4.42. The number of aryl methyl sites for hydroxylation is 1. The van der Waals surface area contributed by atoms with E-state index in [9.17, 15) is 13.2 Å². The van der Waals surface area contributed by atoms with Gasteiger partial charge in [-0.05, 0) is 37.3 Å². The highest BCUT2D eigenvalue weighted by Crippen LogP contribution is 2.33. The van der Waals surface area contributed by atoms with Crippen LogP contribution in [0.5, 0.6) is 0 Å². The number of rotatable bonds is 4. The molecule has 0 fully saturated rings. The minimum absolute atomic E-state index is 0.176. The van der Waals surface area contributed by atoms with Gasteiger partial charge in [0.25, 0.3) is 5.91 Å². The number of thiazole rings is 1. The van der Waals surface area contributed by atoms with Crippen molar-refractivity contribution in [2.45, 2.75) is 11.8 Å². The van der Waals surface area contributed by atoms with Crippen LogP contribution in [0.25, 0.3) is 22.2 Å². The fourth-order valence-electron chi connectivity index (χ4n) is 3.08. The average molecular weight is 412 g/mol. The number of nitrogens with zero attached hydrogens (tertiary/aromatic N) is 1. The van der Waals surface area contributed by atoms with E-state index in [-0.39, 0.29) is 10.8 Å². The fourth-order valence-corrected chi connectivity index (χ4v) is 4.40. The van der Waals surface area contributed by atoms with Crippen LogP contribution in [0.4, 0.5) is 5.13 Å². The molecule has 0 unspecified atom stereocenters. The van der Waals surface area contributed by atoms with Crippen molar-refractivity contribution in [1.29, 1.82) is 0 Å². The average Bonchev–Trinajstić information content (AvgIpc) is 3.23. The van der Waals surface area contributed by atoms with Crippen molar-refractivity contribution in [2.75, 3.05) is 11.6 Å². The Hall–Kier alpha value is -2.97. The standard InChI is InChI=1S/C20H17N3O3S2/c1-12-18(15-5-3-4-6-16(15)21-12)17-11-27-20(22-17)23-19(24)13-7-9-14(10-8-13)28(2,25)26/h3-11,21H,1-2H3,(H,22,23,24). The Morgan fingerprint density at radius 3 is 2.54 bits per heavy atom. The Kier molecular flexibility index (Phi) is 4.52. The summed E-state index contributed by atoms with van der Waals surface area (Å²) in [5.74, 6) is -0.336. The number of carbonyl (C=O) groups excluding carboxylic acids is 1. The highest BCUT2D eigenvalue weighted by atomic mass is 32.2. The monoisotopic (exact) mass is 411 g/mol. The molecule has 28 heavy (non-hydrogen) atoms. The van der Waals surface area contributed by atoms with Gasteiger partial charge in [0.1, 0.15) is 0 Å². The van der Waals surface area contributed by atoms with Crippen LogP contribution < -0.4 is 5.32 Å². The quantitative estimate of drug-likeness (QED) is 0.525. The van der Waals surface area contributed by atoms with Crippen LogP contribution in [0.2, 0.25) is 0 Å². The molecule has 2 aromatic carbocycles. The number of hydrogen-bond acceptors (Lipinski definition) is 5. The number of aromatic nitrogens is 2. The van der Waals surface area contributed by atoms with Gasteiger partial charge < -0.3 is 4.98 Å².